The van der Waals surface area contributed by atoms with Crippen LogP contribution in [0.15, 0.2) is 30.3 Å². The van der Waals surface area contributed by atoms with E-state index >= 15 is 0 Å². The standard InChI is InChI=1S/C11H16N2O/c1-8(11(12)14)9(2)13-10-6-4-3-5-7-10/h3-9,13H,1-2H3,(H2,12,14). The first-order valence-electron chi connectivity index (χ1n) is 4.72. The second kappa shape index (κ2) is 4.65. The summed E-state index contributed by atoms with van der Waals surface area (Å²) in [5.41, 5.74) is 6.22. The highest BCUT2D eigenvalue weighted by molar-refractivity contribution is 5.77. The van der Waals surface area contributed by atoms with Crippen molar-refractivity contribution in [1.82, 2.24) is 0 Å². The maximum atomic E-state index is 10.9. The fraction of sp³-hybridized carbons (Fsp3) is 0.364. The molecule has 0 spiro atoms. The van der Waals surface area contributed by atoms with Gasteiger partial charge in [0, 0.05) is 11.7 Å². The predicted octanol–water partition coefficient (Wildman–Crippen LogP) is 1.61. The second-order valence-corrected chi connectivity index (χ2v) is 3.49. The minimum Gasteiger partial charge on any atom is -0.382 e. The van der Waals surface area contributed by atoms with Crippen LogP contribution >= 0.6 is 0 Å². The summed E-state index contributed by atoms with van der Waals surface area (Å²) in [6.07, 6.45) is 0. The van der Waals surface area contributed by atoms with Crippen LogP contribution in [0.25, 0.3) is 0 Å². The van der Waals surface area contributed by atoms with Crippen molar-refractivity contribution in [2.45, 2.75) is 19.9 Å². The van der Waals surface area contributed by atoms with E-state index in [0.717, 1.165) is 5.69 Å². The van der Waals surface area contributed by atoms with Gasteiger partial charge in [0.1, 0.15) is 0 Å². The summed E-state index contributed by atoms with van der Waals surface area (Å²) in [4.78, 5) is 10.9. The van der Waals surface area contributed by atoms with Crippen molar-refractivity contribution >= 4 is 11.6 Å². The summed E-state index contributed by atoms with van der Waals surface area (Å²) in [7, 11) is 0. The molecule has 1 rings (SSSR count). The summed E-state index contributed by atoms with van der Waals surface area (Å²) >= 11 is 0. The highest BCUT2D eigenvalue weighted by Gasteiger charge is 2.16. The predicted molar refractivity (Wildman–Crippen MR) is 57.9 cm³/mol. The van der Waals surface area contributed by atoms with Crippen molar-refractivity contribution in [3.8, 4) is 0 Å². The van der Waals surface area contributed by atoms with Crippen molar-refractivity contribution in [3.63, 3.8) is 0 Å². The number of benzene rings is 1. The molecule has 0 aromatic heterocycles. The van der Waals surface area contributed by atoms with Crippen LogP contribution in [-0.4, -0.2) is 11.9 Å². The summed E-state index contributed by atoms with van der Waals surface area (Å²) in [6.45, 7) is 3.77. The number of para-hydroxylation sites is 1. The molecule has 0 bridgehead atoms. The zero-order valence-electron chi connectivity index (χ0n) is 8.53. The zero-order chi connectivity index (χ0) is 10.6. The molecule has 1 aromatic carbocycles. The molecular weight excluding hydrogens is 176 g/mol. The van der Waals surface area contributed by atoms with Crippen LogP contribution in [0.1, 0.15) is 13.8 Å². The Morgan fingerprint density at radius 3 is 2.36 bits per heavy atom. The average molecular weight is 192 g/mol. The Bertz CT molecular complexity index is 297. The summed E-state index contributed by atoms with van der Waals surface area (Å²) in [5.74, 6) is -0.448. The lowest BCUT2D eigenvalue weighted by molar-refractivity contribution is -0.121. The quantitative estimate of drug-likeness (QED) is 0.761. The first-order valence-corrected chi connectivity index (χ1v) is 4.72. The van der Waals surface area contributed by atoms with Gasteiger partial charge in [-0.15, -0.1) is 0 Å². The van der Waals surface area contributed by atoms with Gasteiger partial charge < -0.3 is 11.1 Å². The molecule has 1 aromatic rings. The van der Waals surface area contributed by atoms with E-state index in [0.29, 0.717) is 0 Å². The lowest BCUT2D eigenvalue weighted by Gasteiger charge is -2.19. The van der Waals surface area contributed by atoms with E-state index < -0.39 is 0 Å². The van der Waals surface area contributed by atoms with Crippen LogP contribution < -0.4 is 11.1 Å². The van der Waals surface area contributed by atoms with Gasteiger partial charge in [-0.3, -0.25) is 4.79 Å². The molecule has 1 amide bonds. The van der Waals surface area contributed by atoms with E-state index in [1.807, 2.05) is 44.2 Å². The third-order valence-electron chi connectivity index (χ3n) is 2.37. The first kappa shape index (κ1) is 10.6. The molecule has 2 atom stereocenters. The minimum atomic E-state index is -0.277. The molecule has 14 heavy (non-hydrogen) atoms. The van der Waals surface area contributed by atoms with Gasteiger partial charge in [-0.05, 0) is 19.1 Å². The number of rotatable bonds is 4. The summed E-state index contributed by atoms with van der Waals surface area (Å²) in [6, 6.07) is 9.82. The van der Waals surface area contributed by atoms with E-state index in [1.165, 1.54) is 0 Å². The van der Waals surface area contributed by atoms with Gasteiger partial charge in [0.15, 0.2) is 0 Å². The molecule has 3 nitrogen and oxygen atoms in total. The largest absolute Gasteiger partial charge is 0.382 e. The molecule has 0 heterocycles. The Labute approximate surface area is 84.3 Å². The average Bonchev–Trinajstić information content (AvgIpc) is 2.18. The van der Waals surface area contributed by atoms with Crippen LogP contribution in [0.3, 0.4) is 0 Å². The molecule has 0 aliphatic carbocycles. The lowest BCUT2D eigenvalue weighted by Crippen LogP contribution is -2.34. The van der Waals surface area contributed by atoms with Crippen molar-refractivity contribution in [1.29, 1.82) is 0 Å². The second-order valence-electron chi connectivity index (χ2n) is 3.49. The number of hydrogen-bond acceptors (Lipinski definition) is 2. The number of primary amides is 1. The lowest BCUT2D eigenvalue weighted by atomic mass is 10.0. The molecule has 0 aliphatic rings. The van der Waals surface area contributed by atoms with Crippen LogP contribution in [0.2, 0.25) is 0 Å². The molecule has 76 valence electrons. The Morgan fingerprint density at radius 1 is 1.29 bits per heavy atom. The van der Waals surface area contributed by atoms with Gasteiger partial charge in [-0.25, -0.2) is 0 Å². The normalized spacial score (nSPS) is 14.4. The Hall–Kier alpha value is -1.51. The molecule has 3 N–H and O–H groups in total. The highest BCUT2D eigenvalue weighted by atomic mass is 16.1. The van der Waals surface area contributed by atoms with E-state index in [9.17, 15) is 4.79 Å². The number of nitrogens with two attached hydrogens (primary N) is 1. The van der Waals surface area contributed by atoms with E-state index in [4.69, 9.17) is 5.73 Å². The van der Waals surface area contributed by atoms with Gasteiger partial charge in [0.05, 0.1) is 5.92 Å². The highest BCUT2D eigenvalue weighted by Crippen LogP contribution is 2.11. The van der Waals surface area contributed by atoms with E-state index in [1.54, 1.807) is 0 Å². The molecule has 0 aliphatic heterocycles. The number of carbonyl (C=O) groups excluding carboxylic acids is 1. The fourth-order valence-electron chi connectivity index (χ4n) is 1.17. The van der Waals surface area contributed by atoms with E-state index in [-0.39, 0.29) is 17.9 Å². The Kier molecular flexibility index (Phi) is 3.51. The summed E-state index contributed by atoms with van der Waals surface area (Å²) in [5, 5.41) is 3.22. The van der Waals surface area contributed by atoms with Crippen molar-refractivity contribution in [2.24, 2.45) is 11.7 Å². The molecule has 0 radical (unpaired) electrons. The third-order valence-corrected chi connectivity index (χ3v) is 2.37. The third kappa shape index (κ3) is 2.76. The molecular formula is C11H16N2O. The fourth-order valence-corrected chi connectivity index (χ4v) is 1.17. The zero-order valence-corrected chi connectivity index (χ0v) is 8.53. The number of hydrogen-bond donors (Lipinski definition) is 2. The molecule has 2 unspecified atom stereocenters. The molecule has 3 heteroatoms. The van der Waals surface area contributed by atoms with Crippen molar-refractivity contribution in [3.05, 3.63) is 30.3 Å². The van der Waals surface area contributed by atoms with Gasteiger partial charge in [0.25, 0.3) is 0 Å². The Balaban J connectivity index is 2.57. The molecule has 0 saturated carbocycles. The topological polar surface area (TPSA) is 55.1 Å². The van der Waals surface area contributed by atoms with Crippen molar-refractivity contribution in [2.75, 3.05) is 5.32 Å². The first-order chi connectivity index (χ1) is 6.61. The van der Waals surface area contributed by atoms with Crippen LogP contribution in [0.5, 0.6) is 0 Å². The monoisotopic (exact) mass is 192 g/mol. The maximum Gasteiger partial charge on any atom is 0.222 e. The van der Waals surface area contributed by atoms with Gasteiger partial charge >= 0.3 is 0 Å². The van der Waals surface area contributed by atoms with E-state index in [2.05, 4.69) is 5.32 Å². The van der Waals surface area contributed by atoms with Gasteiger partial charge in [-0.1, -0.05) is 25.1 Å². The Morgan fingerprint density at radius 2 is 1.86 bits per heavy atom. The SMILES string of the molecule is CC(Nc1ccccc1)C(C)C(N)=O. The molecule has 0 fully saturated rings. The van der Waals surface area contributed by atoms with Crippen LogP contribution in [0.4, 0.5) is 5.69 Å². The number of carbonyl (C=O) groups is 1. The minimum absolute atomic E-state index is 0.0508. The van der Waals surface area contributed by atoms with Crippen LogP contribution in [0, 0.1) is 5.92 Å². The number of nitrogens with one attached hydrogen (secondary N) is 1. The van der Waals surface area contributed by atoms with Crippen molar-refractivity contribution < 1.29 is 4.79 Å². The number of amides is 1. The smallest absolute Gasteiger partial charge is 0.222 e. The summed E-state index contributed by atoms with van der Waals surface area (Å²) < 4.78 is 0. The van der Waals surface area contributed by atoms with Gasteiger partial charge in [0.2, 0.25) is 5.91 Å². The molecule has 0 saturated heterocycles. The number of anilines is 1. The maximum absolute atomic E-state index is 10.9. The van der Waals surface area contributed by atoms with Gasteiger partial charge in [-0.2, -0.15) is 0 Å². The van der Waals surface area contributed by atoms with Crippen LogP contribution in [-0.2, 0) is 4.79 Å².